The normalized spacial score (nSPS) is 16.2. The van der Waals surface area contributed by atoms with Crippen LogP contribution in [-0.2, 0) is 6.42 Å². The lowest BCUT2D eigenvalue weighted by atomic mass is 9.89. The van der Waals surface area contributed by atoms with Gasteiger partial charge in [-0.05, 0) is 59.2 Å². The molecule has 4 nitrogen and oxygen atoms in total. The molecule has 1 atom stereocenters. The zero-order valence-electron chi connectivity index (χ0n) is 26.7. The molecule has 2 aliphatic carbocycles. The fourth-order valence-corrected chi connectivity index (χ4v) is 6.68. The fourth-order valence-electron chi connectivity index (χ4n) is 6.68. The van der Waals surface area contributed by atoms with Crippen LogP contribution in [0.25, 0.3) is 50.0 Å². The van der Waals surface area contributed by atoms with Gasteiger partial charge in [0.1, 0.15) is 17.0 Å². The summed E-state index contributed by atoms with van der Waals surface area (Å²) in [6.45, 7) is 4.01. The molecule has 1 unspecified atom stereocenters. The van der Waals surface area contributed by atoms with Gasteiger partial charge in [0, 0.05) is 34.2 Å². The molecule has 2 aliphatic rings. The zero-order chi connectivity index (χ0) is 32.3. The number of hydrogen-bond acceptors (Lipinski definition) is 4. The van der Waals surface area contributed by atoms with Gasteiger partial charge in [-0.15, -0.1) is 0 Å². The van der Waals surface area contributed by atoms with Crippen molar-refractivity contribution in [2.75, 3.05) is 0 Å². The Kier molecular flexibility index (Phi) is 8.05. The standard InChI is InChI=1S/C44H35N3O/c1-2-30-12-6-7-15-31(30)16-10-21-41-45-43(47-44(46-41)38-18-11-20-40-42(38)37-17-8-9-19-39(37)48-40)36-28-26-35(27-29-36)34-24-22-33(23-25-34)32-13-4-3-5-14-32/h2-5,7-11,13-20,22-26,28-29,35H,1,6,12,21,27H2/b16-10-. The Morgan fingerprint density at radius 1 is 0.771 bits per heavy atom. The van der Waals surface area contributed by atoms with Gasteiger partial charge in [0.15, 0.2) is 11.6 Å². The molecule has 4 heteroatoms. The van der Waals surface area contributed by atoms with Crippen molar-refractivity contribution in [1.82, 2.24) is 15.0 Å². The molecule has 232 valence electrons. The zero-order valence-corrected chi connectivity index (χ0v) is 26.7. The molecule has 4 aromatic carbocycles. The van der Waals surface area contributed by atoms with Crippen LogP contribution in [0.2, 0.25) is 0 Å². The first-order chi connectivity index (χ1) is 23.7. The Morgan fingerprint density at radius 2 is 1.56 bits per heavy atom. The summed E-state index contributed by atoms with van der Waals surface area (Å²) < 4.78 is 6.21. The van der Waals surface area contributed by atoms with Gasteiger partial charge in [-0.2, -0.15) is 0 Å². The third kappa shape index (κ3) is 5.89. The van der Waals surface area contributed by atoms with Crippen molar-refractivity contribution in [3.8, 4) is 22.5 Å². The first-order valence-electron chi connectivity index (χ1n) is 16.6. The number of fused-ring (bicyclic) bond motifs is 3. The maximum Gasteiger partial charge on any atom is 0.164 e. The van der Waals surface area contributed by atoms with Crippen LogP contribution in [0, 0.1) is 0 Å². The van der Waals surface area contributed by atoms with E-state index < -0.39 is 0 Å². The number of nitrogens with zero attached hydrogens (tertiary/aromatic N) is 3. The summed E-state index contributed by atoms with van der Waals surface area (Å²) in [5.74, 6) is 2.36. The van der Waals surface area contributed by atoms with E-state index in [2.05, 4.69) is 116 Å². The van der Waals surface area contributed by atoms with E-state index in [4.69, 9.17) is 19.4 Å². The Hall–Kier alpha value is -5.87. The Balaban J connectivity index is 1.13. The van der Waals surface area contributed by atoms with Gasteiger partial charge in [-0.1, -0.05) is 140 Å². The van der Waals surface area contributed by atoms with Gasteiger partial charge in [-0.3, -0.25) is 0 Å². The van der Waals surface area contributed by atoms with E-state index in [1.165, 1.54) is 27.8 Å². The minimum Gasteiger partial charge on any atom is -0.456 e. The van der Waals surface area contributed by atoms with E-state index in [1.54, 1.807) is 0 Å². The molecule has 48 heavy (non-hydrogen) atoms. The monoisotopic (exact) mass is 621 g/mol. The van der Waals surface area contributed by atoms with Crippen LogP contribution in [0.4, 0.5) is 0 Å². The van der Waals surface area contributed by atoms with Gasteiger partial charge in [0.25, 0.3) is 0 Å². The second kappa shape index (κ2) is 13.1. The number of aromatic nitrogens is 3. The first-order valence-corrected chi connectivity index (χ1v) is 16.6. The quantitative estimate of drug-likeness (QED) is 0.170. The summed E-state index contributed by atoms with van der Waals surface area (Å²) in [6.07, 6.45) is 20.9. The number of benzene rings is 4. The summed E-state index contributed by atoms with van der Waals surface area (Å²) in [5.41, 5.74) is 9.85. The number of allylic oxidation sites excluding steroid dienone is 11. The highest BCUT2D eigenvalue weighted by molar-refractivity contribution is 6.11. The predicted molar refractivity (Wildman–Crippen MR) is 197 cm³/mol. The van der Waals surface area contributed by atoms with Crippen LogP contribution in [0.1, 0.15) is 42.4 Å². The van der Waals surface area contributed by atoms with E-state index in [1.807, 2.05) is 36.4 Å². The van der Waals surface area contributed by atoms with Gasteiger partial charge in [0.2, 0.25) is 0 Å². The van der Waals surface area contributed by atoms with Crippen molar-refractivity contribution in [1.29, 1.82) is 0 Å². The van der Waals surface area contributed by atoms with Crippen molar-refractivity contribution in [2.45, 2.75) is 31.6 Å². The Morgan fingerprint density at radius 3 is 2.40 bits per heavy atom. The second-order valence-corrected chi connectivity index (χ2v) is 12.3. The van der Waals surface area contributed by atoms with Crippen LogP contribution >= 0.6 is 0 Å². The molecule has 0 fully saturated rings. The number of para-hydroxylation sites is 1. The third-order valence-electron chi connectivity index (χ3n) is 9.22. The Labute approximate surface area is 280 Å². The molecule has 0 radical (unpaired) electrons. The summed E-state index contributed by atoms with van der Waals surface area (Å²) in [5, 5.41) is 2.07. The molecule has 2 heterocycles. The van der Waals surface area contributed by atoms with Crippen LogP contribution < -0.4 is 0 Å². The molecule has 0 bridgehead atoms. The maximum absolute atomic E-state index is 6.21. The van der Waals surface area contributed by atoms with Crippen molar-refractivity contribution >= 4 is 27.5 Å². The van der Waals surface area contributed by atoms with E-state index in [9.17, 15) is 0 Å². The Bertz CT molecular complexity index is 2300. The van der Waals surface area contributed by atoms with Gasteiger partial charge < -0.3 is 4.42 Å². The molecular formula is C44H35N3O. The second-order valence-electron chi connectivity index (χ2n) is 12.3. The van der Waals surface area contributed by atoms with E-state index in [-0.39, 0.29) is 0 Å². The molecule has 0 spiro atoms. The lowest BCUT2D eigenvalue weighted by Crippen LogP contribution is -2.06. The fraction of sp³-hybridized carbons (Fsp3) is 0.114. The summed E-state index contributed by atoms with van der Waals surface area (Å²) in [4.78, 5) is 15.1. The van der Waals surface area contributed by atoms with Crippen LogP contribution in [0.15, 0.2) is 168 Å². The van der Waals surface area contributed by atoms with Crippen molar-refractivity contribution in [2.24, 2.45) is 0 Å². The molecule has 0 saturated heterocycles. The van der Waals surface area contributed by atoms with Gasteiger partial charge >= 0.3 is 0 Å². The van der Waals surface area contributed by atoms with Crippen molar-refractivity contribution in [3.63, 3.8) is 0 Å². The van der Waals surface area contributed by atoms with Gasteiger partial charge in [0.05, 0.1) is 0 Å². The van der Waals surface area contributed by atoms with E-state index in [0.717, 1.165) is 58.2 Å². The summed E-state index contributed by atoms with van der Waals surface area (Å²) in [7, 11) is 0. The van der Waals surface area contributed by atoms with Crippen LogP contribution in [0.3, 0.4) is 0 Å². The van der Waals surface area contributed by atoms with Crippen LogP contribution in [-0.4, -0.2) is 15.0 Å². The number of rotatable bonds is 8. The van der Waals surface area contributed by atoms with E-state index >= 15 is 0 Å². The molecule has 0 amide bonds. The molecule has 0 N–H and O–H groups in total. The molecule has 0 aliphatic heterocycles. The lowest BCUT2D eigenvalue weighted by Gasteiger charge is -2.17. The number of hydrogen-bond donors (Lipinski definition) is 0. The lowest BCUT2D eigenvalue weighted by molar-refractivity contribution is 0.669. The SMILES string of the molecule is C=CC1=C(/C=C\Cc2nc(C3=CCC(c4ccc(-c5ccccc5)cc4)C=C3)nc(-c3cccc4oc5ccccc5c34)n2)C=CCC1. The maximum atomic E-state index is 6.21. The third-order valence-corrected chi connectivity index (χ3v) is 9.22. The molecule has 8 rings (SSSR count). The highest BCUT2D eigenvalue weighted by atomic mass is 16.3. The highest BCUT2D eigenvalue weighted by Crippen LogP contribution is 2.36. The highest BCUT2D eigenvalue weighted by Gasteiger charge is 2.19. The minimum atomic E-state index is 0.296. The van der Waals surface area contributed by atoms with Gasteiger partial charge in [-0.25, -0.2) is 15.0 Å². The summed E-state index contributed by atoms with van der Waals surface area (Å²) >= 11 is 0. The number of furan rings is 1. The first kappa shape index (κ1) is 29.5. The summed E-state index contributed by atoms with van der Waals surface area (Å²) in [6, 6.07) is 33.7. The average molecular weight is 622 g/mol. The van der Waals surface area contributed by atoms with Crippen molar-refractivity contribution in [3.05, 3.63) is 181 Å². The molecule has 0 saturated carbocycles. The molecule has 6 aromatic rings. The largest absolute Gasteiger partial charge is 0.456 e. The topological polar surface area (TPSA) is 51.8 Å². The molecular weight excluding hydrogens is 587 g/mol. The van der Waals surface area contributed by atoms with Crippen molar-refractivity contribution < 1.29 is 4.42 Å². The smallest absolute Gasteiger partial charge is 0.164 e. The van der Waals surface area contributed by atoms with Crippen LogP contribution in [0.5, 0.6) is 0 Å². The molecule has 2 aromatic heterocycles. The predicted octanol–water partition coefficient (Wildman–Crippen LogP) is 11.2. The average Bonchev–Trinajstić information content (AvgIpc) is 3.54. The van der Waals surface area contributed by atoms with E-state index in [0.29, 0.717) is 24.0 Å². The minimum absolute atomic E-state index is 0.296.